The summed E-state index contributed by atoms with van der Waals surface area (Å²) < 4.78 is 0. The first kappa shape index (κ1) is 18.1. The first-order chi connectivity index (χ1) is 11.4. The van der Waals surface area contributed by atoms with Crippen LogP contribution in [0, 0.1) is 20.8 Å². The molecular formula is C18H25N3O3. The zero-order chi connectivity index (χ0) is 17.9. The molecule has 1 aliphatic carbocycles. The average molecular weight is 331 g/mol. The largest absolute Gasteiger partial charge is 0.511 e. The lowest BCUT2D eigenvalue weighted by molar-refractivity contribution is -0.116. The summed E-state index contributed by atoms with van der Waals surface area (Å²) in [7, 11) is 0. The zero-order valence-corrected chi connectivity index (χ0v) is 15.0. The Balaban J connectivity index is 2.38. The van der Waals surface area contributed by atoms with Gasteiger partial charge < -0.3 is 9.94 Å². The fourth-order valence-electron chi connectivity index (χ4n) is 3.34. The van der Waals surface area contributed by atoms with Crippen molar-refractivity contribution < 1.29 is 14.7 Å². The van der Waals surface area contributed by atoms with Gasteiger partial charge >= 0.3 is 0 Å². The van der Waals surface area contributed by atoms with E-state index in [9.17, 15) is 9.90 Å². The molecule has 0 saturated heterocycles. The van der Waals surface area contributed by atoms with E-state index in [0.717, 1.165) is 17.0 Å². The lowest BCUT2D eigenvalue weighted by Gasteiger charge is -2.26. The third kappa shape index (κ3) is 3.63. The van der Waals surface area contributed by atoms with Crippen LogP contribution < -0.4 is 0 Å². The molecule has 1 aromatic rings. The second-order valence-electron chi connectivity index (χ2n) is 6.01. The molecule has 0 amide bonds. The van der Waals surface area contributed by atoms with E-state index in [1.807, 2.05) is 34.6 Å². The Hall–Kier alpha value is -2.24. The van der Waals surface area contributed by atoms with E-state index in [0.29, 0.717) is 43.0 Å². The number of aliphatic hydroxyl groups is 1. The first-order valence-electron chi connectivity index (χ1n) is 8.35. The van der Waals surface area contributed by atoms with Gasteiger partial charge in [0, 0.05) is 30.1 Å². The van der Waals surface area contributed by atoms with Crippen LogP contribution >= 0.6 is 0 Å². The minimum Gasteiger partial charge on any atom is -0.511 e. The van der Waals surface area contributed by atoms with Gasteiger partial charge in [-0.3, -0.25) is 4.79 Å². The highest BCUT2D eigenvalue weighted by Gasteiger charge is 2.33. The summed E-state index contributed by atoms with van der Waals surface area (Å²) in [4.78, 5) is 26.5. The van der Waals surface area contributed by atoms with Crippen molar-refractivity contribution in [3.63, 3.8) is 0 Å². The molecule has 0 bridgehead atoms. The molecule has 2 rings (SSSR count). The van der Waals surface area contributed by atoms with E-state index in [2.05, 4.69) is 15.1 Å². The number of rotatable bonds is 5. The Bertz CT molecular complexity index is 684. The van der Waals surface area contributed by atoms with Crippen LogP contribution in [0.4, 0.5) is 0 Å². The number of ketones is 1. The molecule has 0 fully saturated rings. The normalized spacial score (nSPS) is 19.0. The monoisotopic (exact) mass is 331 g/mol. The van der Waals surface area contributed by atoms with Gasteiger partial charge in [0.2, 0.25) is 0 Å². The lowest BCUT2D eigenvalue weighted by atomic mass is 9.80. The second kappa shape index (κ2) is 7.55. The van der Waals surface area contributed by atoms with Gasteiger partial charge in [-0.25, -0.2) is 9.97 Å². The number of aromatic nitrogens is 2. The number of aryl methyl sites for hydroxylation is 3. The number of carbonyl (C=O) groups excluding carboxylic acids is 1. The van der Waals surface area contributed by atoms with Crippen molar-refractivity contribution in [2.45, 2.75) is 59.8 Å². The Morgan fingerprint density at radius 1 is 1.21 bits per heavy atom. The third-order valence-corrected chi connectivity index (χ3v) is 4.21. The molecule has 1 N–H and O–H groups in total. The van der Waals surface area contributed by atoms with Crippen LogP contribution in [0.3, 0.4) is 0 Å². The molecule has 24 heavy (non-hydrogen) atoms. The number of allylic oxidation sites excluding steroid dienone is 2. The second-order valence-corrected chi connectivity index (χ2v) is 6.01. The molecule has 0 saturated carbocycles. The molecule has 1 atom stereocenters. The molecule has 0 spiro atoms. The molecular weight excluding hydrogens is 306 g/mol. The van der Waals surface area contributed by atoms with Gasteiger partial charge in [-0.15, -0.1) is 0 Å². The number of aliphatic hydroxyl groups excluding tert-OH is 1. The highest BCUT2D eigenvalue weighted by molar-refractivity contribution is 6.23. The molecule has 6 nitrogen and oxygen atoms in total. The van der Waals surface area contributed by atoms with Crippen molar-refractivity contribution in [3.05, 3.63) is 34.1 Å². The highest BCUT2D eigenvalue weighted by atomic mass is 16.6. The molecule has 1 unspecified atom stereocenters. The number of hydrogen-bond acceptors (Lipinski definition) is 6. The van der Waals surface area contributed by atoms with E-state index in [4.69, 9.17) is 4.84 Å². The Morgan fingerprint density at radius 2 is 1.83 bits per heavy atom. The van der Waals surface area contributed by atoms with Crippen molar-refractivity contribution in [1.29, 1.82) is 0 Å². The molecule has 1 aliphatic rings. The fraction of sp³-hybridized carbons (Fsp3) is 0.556. The van der Waals surface area contributed by atoms with Crippen LogP contribution in [0.1, 0.15) is 61.8 Å². The van der Waals surface area contributed by atoms with Crippen LogP contribution in [-0.2, 0) is 9.63 Å². The summed E-state index contributed by atoms with van der Waals surface area (Å²) in [6.45, 7) is 9.83. The van der Waals surface area contributed by atoms with Gasteiger partial charge in [-0.1, -0.05) is 12.1 Å². The Kier molecular flexibility index (Phi) is 5.70. The Morgan fingerprint density at radius 3 is 2.33 bits per heavy atom. The SMILES string of the molecule is CCON=C(CC)C1=C(O)CC(c2c(C)nc(C)nc2C)CC1=O. The van der Waals surface area contributed by atoms with Crippen LogP contribution in [0.25, 0.3) is 0 Å². The van der Waals surface area contributed by atoms with Gasteiger partial charge in [0.25, 0.3) is 0 Å². The predicted molar refractivity (Wildman–Crippen MR) is 92.2 cm³/mol. The molecule has 130 valence electrons. The first-order valence-corrected chi connectivity index (χ1v) is 8.35. The van der Waals surface area contributed by atoms with E-state index >= 15 is 0 Å². The fourth-order valence-corrected chi connectivity index (χ4v) is 3.34. The molecule has 1 aromatic heterocycles. The molecule has 1 heterocycles. The van der Waals surface area contributed by atoms with Crippen molar-refractivity contribution in [3.8, 4) is 0 Å². The number of Topliss-reactive ketones (excluding diaryl/α,β-unsaturated/α-hetero) is 1. The highest BCUT2D eigenvalue weighted by Crippen LogP contribution is 2.36. The lowest BCUT2D eigenvalue weighted by Crippen LogP contribution is -2.25. The van der Waals surface area contributed by atoms with Gasteiger partial charge in [0.1, 0.15) is 18.2 Å². The van der Waals surface area contributed by atoms with E-state index in [-0.39, 0.29) is 17.5 Å². The molecule has 0 aromatic carbocycles. The van der Waals surface area contributed by atoms with E-state index in [1.165, 1.54) is 0 Å². The maximum absolute atomic E-state index is 12.6. The minimum atomic E-state index is -0.108. The van der Waals surface area contributed by atoms with Crippen molar-refractivity contribution in [1.82, 2.24) is 9.97 Å². The quantitative estimate of drug-likeness (QED) is 0.659. The van der Waals surface area contributed by atoms with E-state index < -0.39 is 0 Å². The summed E-state index contributed by atoms with van der Waals surface area (Å²) in [5.41, 5.74) is 3.51. The maximum atomic E-state index is 12.6. The zero-order valence-electron chi connectivity index (χ0n) is 15.0. The standard InChI is InChI=1S/C18H25N3O3/c1-6-14(21-24-7-2)18-15(22)8-13(9-16(18)23)17-10(3)19-12(5)20-11(17)4/h13,22H,6-9H2,1-5H3. The predicted octanol–water partition coefficient (Wildman–Crippen LogP) is 3.46. The molecule has 0 radical (unpaired) electrons. The van der Waals surface area contributed by atoms with Crippen LogP contribution in [0.15, 0.2) is 16.5 Å². The molecule has 0 aliphatic heterocycles. The smallest absolute Gasteiger partial charge is 0.168 e. The van der Waals surface area contributed by atoms with Crippen LogP contribution in [0.2, 0.25) is 0 Å². The summed E-state index contributed by atoms with van der Waals surface area (Å²) in [5, 5.41) is 14.5. The summed E-state index contributed by atoms with van der Waals surface area (Å²) >= 11 is 0. The van der Waals surface area contributed by atoms with Crippen molar-refractivity contribution in [2.24, 2.45) is 5.16 Å². The van der Waals surface area contributed by atoms with Crippen LogP contribution in [0.5, 0.6) is 0 Å². The number of oxime groups is 1. The number of carbonyl (C=O) groups is 1. The Labute approximate surface area is 142 Å². The van der Waals surface area contributed by atoms with Gasteiger partial charge in [0.15, 0.2) is 5.78 Å². The van der Waals surface area contributed by atoms with Gasteiger partial charge in [-0.2, -0.15) is 0 Å². The van der Waals surface area contributed by atoms with Crippen LogP contribution in [-0.4, -0.2) is 33.2 Å². The van der Waals surface area contributed by atoms with Crippen molar-refractivity contribution in [2.75, 3.05) is 6.61 Å². The van der Waals surface area contributed by atoms with E-state index in [1.54, 1.807) is 0 Å². The average Bonchev–Trinajstić information content (AvgIpc) is 2.48. The summed E-state index contributed by atoms with van der Waals surface area (Å²) in [6, 6.07) is 0. The topological polar surface area (TPSA) is 84.7 Å². The third-order valence-electron chi connectivity index (χ3n) is 4.21. The molecule has 6 heteroatoms. The maximum Gasteiger partial charge on any atom is 0.168 e. The number of hydrogen-bond donors (Lipinski definition) is 1. The van der Waals surface area contributed by atoms with Gasteiger partial charge in [-0.05, 0) is 39.7 Å². The van der Waals surface area contributed by atoms with Crippen molar-refractivity contribution >= 4 is 11.5 Å². The number of nitrogens with zero attached hydrogens (tertiary/aromatic N) is 3. The summed E-state index contributed by atoms with van der Waals surface area (Å²) in [5.74, 6) is 0.583. The van der Waals surface area contributed by atoms with Gasteiger partial charge in [0.05, 0.1) is 11.3 Å². The summed E-state index contributed by atoms with van der Waals surface area (Å²) in [6.07, 6.45) is 1.24. The minimum absolute atomic E-state index is 0.0796.